The van der Waals surface area contributed by atoms with Crippen LogP contribution in [0.2, 0.25) is 0 Å². The predicted octanol–water partition coefficient (Wildman–Crippen LogP) is 4.74. The van der Waals surface area contributed by atoms with E-state index in [9.17, 15) is 4.79 Å². The molecule has 4 rings (SSSR count). The molecule has 158 valence electrons. The smallest absolute Gasteiger partial charge is 0.409 e. The van der Waals surface area contributed by atoms with Gasteiger partial charge in [-0.2, -0.15) is 0 Å². The molecular weight excluding hydrogens is 378 g/mol. The fraction of sp³-hybridized carbons (Fsp3) is 0.375. The van der Waals surface area contributed by atoms with Crippen molar-refractivity contribution in [3.05, 3.63) is 54.1 Å². The fourth-order valence-electron chi connectivity index (χ4n) is 3.77. The first-order valence-corrected chi connectivity index (χ1v) is 10.7. The molecule has 1 amide bonds. The summed E-state index contributed by atoms with van der Waals surface area (Å²) in [6.07, 6.45) is 1.76. The van der Waals surface area contributed by atoms with Gasteiger partial charge in [0.2, 0.25) is 0 Å². The van der Waals surface area contributed by atoms with Crippen molar-refractivity contribution in [2.75, 3.05) is 38.5 Å². The van der Waals surface area contributed by atoms with Gasteiger partial charge < -0.3 is 19.8 Å². The maximum Gasteiger partial charge on any atom is 0.409 e. The predicted molar refractivity (Wildman–Crippen MR) is 119 cm³/mol. The first-order chi connectivity index (χ1) is 14.6. The molecule has 1 aliphatic heterocycles. The van der Waals surface area contributed by atoms with E-state index in [1.54, 1.807) is 4.90 Å². The lowest BCUT2D eigenvalue weighted by Crippen LogP contribution is -2.48. The number of hydrogen-bond donors (Lipinski definition) is 1. The summed E-state index contributed by atoms with van der Waals surface area (Å²) < 4.78 is 11.4. The van der Waals surface area contributed by atoms with Gasteiger partial charge in [0.05, 0.1) is 6.61 Å². The van der Waals surface area contributed by atoms with E-state index in [1.165, 1.54) is 5.56 Å². The molecule has 6 nitrogen and oxygen atoms in total. The number of carbonyl (C=O) groups excluding carboxylic acids is 1. The molecular formula is C24H29N3O3. The van der Waals surface area contributed by atoms with Crippen molar-refractivity contribution >= 4 is 22.7 Å². The van der Waals surface area contributed by atoms with Crippen LogP contribution in [0.15, 0.2) is 52.9 Å². The molecule has 0 unspecified atom stereocenters. The van der Waals surface area contributed by atoms with Gasteiger partial charge in [-0.3, -0.25) is 4.90 Å². The number of ether oxygens (including phenoxy) is 1. The number of piperazine rings is 1. The number of nitrogen functional groups attached to an aromatic ring is 1. The SMILES string of the molecule is CCCCOC(=O)N1CCN(Cc2ccc3cc(-c4ccccc4N)oc3c2)CC1. The highest BCUT2D eigenvalue weighted by Gasteiger charge is 2.22. The Morgan fingerprint density at radius 2 is 1.90 bits per heavy atom. The van der Waals surface area contributed by atoms with E-state index >= 15 is 0 Å². The monoisotopic (exact) mass is 407 g/mol. The van der Waals surface area contributed by atoms with Gasteiger partial charge in [-0.1, -0.05) is 37.6 Å². The van der Waals surface area contributed by atoms with Gasteiger partial charge in [-0.15, -0.1) is 0 Å². The number of amides is 1. The molecule has 1 aliphatic rings. The average Bonchev–Trinajstić information content (AvgIpc) is 3.18. The minimum absolute atomic E-state index is 0.187. The molecule has 0 spiro atoms. The van der Waals surface area contributed by atoms with Crippen molar-refractivity contribution in [3.8, 4) is 11.3 Å². The molecule has 0 radical (unpaired) electrons. The molecule has 0 bridgehead atoms. The number of hydrogen-bond acceptors (Lipinski definition) is 5. The summed E-state index contributed by atoms with van der Waals surface area (Å²) in [6.45, 7) is 6.50. The van der Waals surface area contributed by atoms with Gasteiger partial charge in [0.1, 0.15) is 11.3 Å². The first kappa shape index (κ1) is 20.3. The van der Waals surface area contributed by atoms with Crippen LogP contribution in [0.5, 0.6) is 0 Å². The fourth-order valence-corrected chi connectivity index (χ4v) is 3.77. The Kier molecular flexibility index (Phi) is 6.23. The van der Waals surface area contributed by atoms with Crippen LogP contribution in [-0.4, -0.2) is 48.7 Å². The summed E-state index contributed by atoms with van der Waals surface area (Å²) in [7, 11) is 0. The zero-order valence-corrected chi connectivity index (χ0v) is 17.5. The van der Waals surface area contributed by atoms with Crippen molar-refractivity contribution in [1.29, 1.82) is 0 Å². The van der Waals surface area contributed by atoms with Crippen LogP contribution >= 0.6 is 0 Å². The Bertz CT molecular complexity index is 1010. The molecule has 1 fully saturated rings. The number of para-hydroxylation sites is 1. The minimum atomic E-state index is -0.187. The third-order valence-electron chi connectivity index (χ3n) is 5.57. The highest BCUT2D eigenvalue weighted by molar-refractivity contribution is 5.86. The van der Waals surface area contributed by atoms with E-state index in [-0.39, 0.29) is 6.09 Å². The Labute approximate surface area is 177 Å². The minimum Gasteiger partial charge on any atom is -0.456 e. The summed E-state index contributed by atoms with van der Waals surface area (Å²) in [5.74, 6) is 0.787. The molecule has 0 aliphatic carbocycles. The van der Waals surface area contributed by atoms with E-state index in [0.29, 0.717) is 25.4 Å². The van der Waals surface area contributed by atoms with Crippen molar-refractivity contribution in [1.82, 2.24) is 9.80 Å². The lowest BCUT2D eigenvalue weighted by atomic mass is 10.1. The normalized spacial score (nSPS) is 14.9. The molecule has 1 saturated heterocycles. The van der Waals surface area contributed by atoms with E-state index in [2.05, 4.69) is 30.0 Å². The average molecular weight is 408 g/mol. The number of nitrogens with zero attached hydrogens (tertiary/aromatic N) is 2. The van der Waals surface area contributed by atoms with Crippen molar-refractivity contribution in [2.45, 2.75) is 26.3 Å². The second-order valence-electron chi connectivity index (χ2n) is 7.80. The third kappa shape index (κ3) is 4.60. The summed E-state index contributed by atoms with van der Waals surface area (Å²) in [5.41, 5.74) is 9.78. The maximum atomic E-state index is 12.1. The standard InChI is InChI=1S/C24H29N3O3/c1-2-3-14-29-24(28)27-12-10-26(11-13-27)17-18-8-9-19-16-23(30-22(19)15-18)20-6-4-5-7-21(20)25/h4-9,15-16H,2-3,10-14,17,25H2,1H3. The number of benzene rings is 2. The molecule has 0 atom stereocenters. The van der Waals surface area contributed by atoms with Gasteiger partial charge in [-0.05, 0) is 36.2 Å². The number of fused-ring (bicyclic) bond motifs is 1. The highest BCUT2D eigenvalue weighted by Crippen LogP contribution is 2.31. The van der Waals surface area contributed by atoms with Crippen LogP contribution in [0, 0.1) is 0 Å². The van der Waals surface area contributed by atoms with Crippen LogP contribution < -0.4 is 5.73 Å². The van der Waals surface area contributed by atoms with Crippen molar-refractivity contribution < 1.29 is 13.9 Å². The second-order valence-corrected chi connectivity index (χ2v) is 7.80. The maximum absolute atomic E-state index is 12.1. The van der Waals surface area contributed by atoms with Crippen LogP contribution in [0.4, 0.5) is 10.5 Å². The Morgan fingerprint density at radius 3 is 2.67 bits per heavy atom. The van der Waals surface area contributed by atoms with Crippen LogP contribution in [0.25, 0.3) is 22.3 Å². The first-order valence-electron chi connectivity index (χ1n) is 10.7. The summed E-state index contributed by atoms with van der Waals surface area (Å²) in [5, 5.41) is 1.07. The number of unbranched alkanes of at least 4 members (excludes halogenated alkanes) is 1. The van der Waals surface area contributed by atoms with E-state index < -0.39 is 0 Å². The van der Waals surface area contributed by atoms with E-state index in [1.807, 2.05) is 30.3 Å². The number of rotatable bonds is 6. The zero-order chi connectivity index (χ0) is 20.9. The van der Waals surface area contributed by atoms with Gasteiger partial charge in [-0.25, -0.2) is 4.79 Å². The topological polar surface area (TPSA) is 71.9 Å². The summed E-state index contributed by atoms with van der Waals surface area (Å²) in [4.78, 5) is 16.3. The molecule has 30 heavy (non-hydrogen) atoms. The van der Waals surface area contributed by atoms with Gasteiger partial charge in [0, 0.05) is 49.4 Å². The highest BCUT2D eigenvalue weighted by atomic mass is 16.6. The molecule has 0 saturated carbocycles. The molecule has 2 N–H and O–H groups in total. The quantitative estimate of drug-likeness (QED) is 0.472. The van der Waals surface area contributed by atoms with Gasteiger partial charge in [0.25, 0.3) is 0 Å². The van der Waals surface area contributed by atoms with E-state index in [4.69, 9.17) is 14.9 Å². The molecule has 1 aromatic heterocycles. The largest absolute Gasteiger partial charge is 0.456 e. The number of carbonyl (C=O) groups is 1. The summed E-state index contributed by atoms with van der Waals surface area (Å²) in [6, 6.07) is 16.1. The van der Waals surface area contributed by atoms with Crippen molar-refractivity contribution in [3.63, 3.8) is 0 Å². The third-order valence-corrected chi connectivity index (χ3v) is 5.57. The van der Waals surface area contributed by atoms with Gasteiger partial charge >= 0.3 is 6.09 Å². The molecule has 3 aromatic rings. The Morgan fingerprint density at radius 1 is 1.10 bits per heavy atom. The molecule has 2 aromatic carbocycles. The van der Waals surface area contributed by atoms with Gasteiger partial charge in [0.15, 0.2) is 0 Å². The van der Waals surface area contributed by atoms with E-state index in [0.717, 1.165) is 54.8 Å². The summed E-state index contributed by atoms with van der Waals surface area (Å²) >= 11 is 0. The second kappa shape index (κ2) is 9.22. The Balaban J connectivity index is 1.37. The van der Waals surface area contributed by atoms with Crippen LogP contribution in [0.1, 0.15) is 25.3 Å². The lowest BCUT2D eigenvalue weighted by Gasteiger charge is -2.34. The van der Waals surface area contributed by atoms with Crippen molar-refractivity contribution in [2.24, 2.45) is 0 Å². The zero-order valence-electron chi connectivity index (χ0n) is 17.5. The number of furan rings is 1. The number of anilines is 1. The Hall–Kier alpha value is -2.99. The van der Waals surface area contributed by atoms with Crippen LogP contribution in [-0.2, 0) is 11.3 Å². The molecule has 6 heteroatoms. The van der Waals surface area contributed by atoms with Crippen LogP contribution in [0.3, 0.4) is 0 Å². The number of nitrogens with two attached hydrogens (primary N) is 1. The molecule has 2 heterocycles. The lowest BCUT2D eigenvalue weighted by molar-refractivity contribution is 0.0738.